The number of ether oxygens (including phenoxy) is 1. The maximum Gasteiger partial charge on any atom is 0.261 e. The minimum absolute atomic E-state index is 0.0637. The van der Waals surface area contributed by atoms with Crippen LogP contribution in [0.25, 0.3) is 0 Å². The van der Waals surface area contributed by atoms with E-state index in [1.54, 1.807) is 12.3 Å². The van der Waals surface area contributed by atoms with E-state index in [1.807, 2.05) is 6.07 Å². The van der Waals surface area contributed by atoms with Gasteiger partial charge in [0.15, 0.2) is 0 Å². The van der Waals surface area contributed by atoms with Gasteiger partial charge in [0.05, 0.1) is 18.1 Å². The van der Waals surface area contributed by atoms with Gasteiger partial charge in [0.25, 0.3) is 5.91 Å². The summed E-state index contributed by atoms with van der Waals surface area (Å²) in [7, 11) is 0. The molecule has 144 valence electrons. The topological polar surface area (TPSA) is 114 Å². The van der Waals surface area contributed by atoms with Gasteiger partial charge >= 0.3 is 0 Å². The van der Waals surface area contributed by atoms with Crippen LogP contribution >= 0.6 is 11.3 Å². The molecule has 1 saturated heterocycles. The Balaban J connectivity index is 1.53. The summed E-state index contributed by atoms with van der Waals surface area (Å²) in [5, 5.41) is 11.6. The third-order valence-electron chi connectivity index (χ3n) is 5.11. The van der Waals surface area contributed by atoms with Crippen molar-refractivity contribution in [1.29, 1.82) is 0 Å². The van der Waals surface area contributed by atoms with E-state index in [2.05, 4.69) is 20.2 Å². The Bertz CT molecular complexity index is 832. The zero-order valence-corrected chi connectivity index (χ0v) is 15.8. The number of carbonyl (C=O) groups excluding carboxylic acids is 1. The summed E-state index contributed by atoms with van der Waals surface area (Å²) >= 11 is 1.51. The number of aromatic nitrogens is 2. The Morgan fingerprint density at radius 3 is 3.00 bits per heavy atom. The maximum absolute atomic E-state index is 12.3. The van der Waals surface area contributed by atoms with Crippen LogP contribution in [0.1, 0.15) is 33.0 Å². The Morgan fingerprint density at radius 1 is 1.44 bits per heavy atom. The minimum Gasteiger partial charge on any atom is -0.395 e. The van der Waals surface area contributed by atoms with Gasteiger partial charge in [0.1, 0.15) is 11.4 Å². The highest BCUT2D eigenvalue weighted by Crippen LogP contribution is 2.45. The van der Waals surface area contributed by atoms with Crippen LogP contribution < -0.4 is 16.0 Å². The molecule has 4 rings (SSSR count). The molecule has 2 aromatic heterocycles. The lowest BCUT2D eigenvalue weighted by Crippen LogP contribution is -2.46. The number of fused-ring (bicyclic) bond motifs is 2. The number of nitrogens with zero attached hydrogens (tertiary/aromatic N) is 3. The number of aliphatic hydroxyl groups excluding tert-OH is 1. The Labute approximate surface area is 161 Å². The predicted molar refractivity (Wildman–Crippen MR) is 103 cm³/mol. The molecule has 0 bridgehead atoms. The first-order valence-electron chi connectivity index (χ1n) is 9.11. The summed E-state index contributed by atoms with van der Waals surface area (Å²) in [4.78, 5) is 24.9. The monoisotopic (exact) mass is 389 g/mol. The van der Waals surface area contributed by atoms with Gasteiger partial charge < -0.3 is 25.8 Å². The Morgan fingerprint density at radius 2 is 2.26 bits per heavy atom. The van der Waals surface area contributed by atoms with E-state index in [0.717, 1.165) is 37.2 Å². The van der Waals surface area contributed by atoms with Crippen LogP contribution in [0.5, 0.6) is 0 Å². The van der Waals surface area contributed by atoms with Crippen LogP contribution in [-0.4, -0.2) is 53.8 Å². The number of nitrogen functional groups attached to an aromatic ring is 1. The summed E-state index contributed by atoms with van der Waals surface area (Å²) in [5.41, 5.74) is 6.64. The van der Waals surface area contributed by atoms with Crippen molar-refractivity contribution in [2.45, 2.75) is 24.9 Å². The van der Waals surface area contributed by atoms with E-state index in [-0.39, 0.29) is 24.7 Å². The average molecular weight is 389 g/mol. The Hall–Kier alpha value is -2.23. The van der Waals surface area contributed by atoms with Crippen molar-refractivity contribution in [3.8, 4) is 0 Å². The van der Waals surface area contributed by atoms with Crippen molar-refractivity contribution in [2.75, 3.05) is 43.5 Å². The summed E-state index contributed by atoms with van der Waals surface area (Å²) in [6.45, 7) is 2.40. The third kappa shape index (κ3) is 3.50. The number of hydrogen-bond acceptors (Lipinski definition) is 8. The summed E-state index contributed by atoms with van der Waals surface area (Å²) in [6.07, 6.45) is 4.13. The van der Waals surface area contributed by atoms with Gasteiger partial charge in [-0.3, -0.25) is 4.79 Å². The van der Waals surface area contributed by atoms with Crippen molar-refractivity contribution in [2.24, 2.45) is 0 Å². The summed E-state index contributed by atoms with van der Waals surface area (Å²) < 4.78 is 6.26. The summed E-state index contributed by atoms with van der Waals surface area (Å²) in [6, 6.07) is 3.66. The van der Waals surface area contributed by atoms with Crippen LogP contribution in [-0.2, 0) is 16.8 Å². The van der Waals surface area contributed by atoms with Gasteiger partial charge in [-0.05, 0) is 37.0 Å². The SMILES string of the molecule is Nc1ccnc(N2CCC3(CC2)OCCc2cc(C(=O)NCCO)sc23)n1. The molecule has 4 N–H and O–H groups in total. The lowest BCUT2D eigenvalue weighted by molar-refractivity contribution is -0.0736. The number of hydrogen-bond donors (Lipinski definition) is 3. The second-order valence-corrected chi connectivity index (χ2v) is 7.86. The molecule has 0 atom stereocenters. The highest BCUT2D eigenvalue weighted by atomic mass is 32.1. The number of thiophene rings is 1. The fraction of sp³-hybridized carbons (Fsp3) is 0.500. The van der Waals surface area contributed by atoms with Crippen molar-refractivity contribution in [3.63, 3.8) is 0 Å². The van der Waals surface area contributed by atoms with Crippen molar-refractivity contribution >= 4 is 29.0 Å². The fourth-order valence-corrected chi connectivity index (χ4v) is 5.07. The van der Waals surface area contributed by atoms with E-state index >= 15 is 0 Å². The normalized spacial score (nSPS) is 18.3. The predicted octanol–water partition coefficient (Wildman–Crippen LogP) is 0.911. The van der Waals surface area contributed by atoms with Crippen molar-refractivity contribution in [1.82, 2.24) is 15.3 Å². The molecule has 2 aliphatic heterocycles. The third-order valence-corrected chi connectivity index (χ3v) is 6.47. The molecule has 0 radical (unpaired) electrons. The van der Waals surface area contributed by atoms with Gasteiger partial charge in [-0.15, -0.1) is 11.3 Å². The van der Waals surface area contributed by atoms with Gasteiger partial charge in [0, 0.05) is 30.7 Å². The number of rotatable bonds is 4. The number of nitrogens with one attached hydrogen (secondary N) is 1. The number of aliphatic hydroxyl groups is 1. The molecule has 4 heterocycles. The van der Waals surface area contributed by atoms with E-state index in [9.17, 15) is 4.79 Å². The van der Waals surface area contributed by atoms with Gasteiger partial charge in [-0.2, -0.15) is 4.98 Å². The molecule has 1 fully saturated rings. The first-order valence-corrected chi connectivity index (χ1v) is 9.93. The van der Waals surface area contributed by atoms with Crippen molar-refractivity contribution < 1.29 is 14.6 Å². The maximum atomic E-state index is 12.3. The summed E-state index contributed by atoms with van der Waals surface area (Å²) in [5.74, 6) is 0.980. The second kappa shape index (κ2) is 7.41. The van der Waals surface area contributed by atoms with Crippen LogP contribution in [0.2, 0.25) is 0 Å². The van der Waals surface area contributed by atoms with Crippen LogP contribution in [0.15, 0.2) is 18.3 Å². The van der Waals surface area contributed by atoms with Gasteiger partial charge in [0.2, 0.25) is 5.95 Å². The zero-order valence-electron chi connectivity index (χ0n) is 15.0. The van der Waals surface area contributed by atoms with Crippen LogP contribution in [0, 0.1) is 0 Å². The molecule has 9 heteroatoms. The molecule has 8 nitrogen and oxygen atoms in total. The van der Waals surface area contributed by atoms with Gasteiger partial charge in [-0.1, -0.05) is 0 Å². The molecular formula is C18H23N5O3S. The molecule has 0 saturated carbocycles. The zero-order chi connectivity index (χ0) is 18.9. The van der Waals surface area contributed by atoms with E-state index in [0.29, 0.717) is 23.3 Å². The van der Waals surface area contributed by atoms with Crippen molar-refractivity contribution in [3.05, 3.63) is 33.6 Å². The quantitative estimate of drug-likeness (QED) is 0.712. The lowest BCUT2D eigenvalue weighted by Gasteiger charge is -2.43. The smallest absolute Gasteiger partial charge is 0.261 e. The number of carbonyl (C=O) groups is 1. The van der Waals surface area contributed by atoms with Crippen LogP contribution in [0.4, 0.5) is 11.8 Å². The Kier molecular flexibility index (Phi) is 4.98. The number of amides is 1. The second-order valence-electron chi connectivity index (χ2n) is 6.81. The molecule has 0 unspecified atom stereocenters. The average Bonchev–Trinajstić information content (AvgIpc) is 3.13. The first-order chi connectivity index (χ1) is 13.1. The molecule has 1 spiro atoms. The first kappa shape index (κ1) is 18.1. The van der Waals surface area contributed by atoms with E-state index in [1.165, 1.54) is 16.9 Å². The molecule has 2 aromatic rings. The van der Waals surface area contributed by atoms with Gasteiger partial charge in [-0.25, -0.2) is 4.98 Å². The molecular weight excluding hydrogens is 366 g/mol. The molecule has 0 aromatic carbocycles. The molecule has 1 amide bonds. The highest BCUT2D eigenvalue weighted by molar-refractivity contribution is 7.14. The van der Waals surface area contributed by atoms with Crippen LogP contribution in [0.3, 0.4) is 0 Å². The number of piperidine rings is 1. The molecule has 2 aliphatic rings. The minimum atomic E-state index is -0.343. The fourth-order valence-electron chi connectivity index (χ4n) is 3.74. The molecule has 0 aliphatic carbocycles. The number of nitrogens with two attached hydrogens (primary N) is 1. The largest absolute Gasteiger partial charge is 0.395 e. The highest BCUT2D eigenvalue weighted by Gasteiger charge is 2.43. The van der Waals surface area contributed by atoms with E-state index in [4.69, 9.17) is 15.6 Å². The lowest BCUT2D eigenvalue weighted by atomic mass is 9.85. The number of anilines is 2. The van der Waals surface area contributed by atoms with E-state index < -0.39 is 0 Å². The molecule has 27 heavy (non-hydrogen) atoms. The standard InChI is InChI=1S/C18H23N5O3S/c19-14-1-5-21-17(22-14)23-7-3-18(4-8-23)15-12(2-10-26-18)11-13(27-15)16(25)20-6-9-24/h1,5,11,24H,2-4,6-10H2,(H,20,25)(H2,19,21,22).